The van der Waals surface area contributed by atoms with Crippen LogP contribution in [0.3, 0.4) is 0 Å². The molecule has 0 aromatic heterocycles. The molecule has 1 aliphatic heterocycles. The number of rotatable bonds is 7. The van der Waals surface area contributed by atoms with E-state index in [0.717, 1.165) is 16.3 Å². The molecule has 0 aliphatic carbocycles. The minimum Gasteiger partial charge on any atom is -0.493 e. The molecule has 8 heteroatoms. The van der Waals surface area contributed by atoms with E-state index < -0.39 is 11.9 Å². The molecule has 1 unspecified atom stereocenters. The molecular formula is C28H25BrN2O5. The van der Waals surface area contributed by atoms with Gasteiger partial charge in [0.05, 0.1) is 29.7 Å². The highest BCUT2D eigenvalue weighted by atomic mass is 79.9. The van der Waals surface area contributed by atoms with E-state index in [-0.39, 0.29) is 29.4 Å². The molecule has 0 spiro atoms. The lowest BCUT2D eigenvalue weighted by Gasteiger charge is -2.27. The lowest BCUT2D eigenvalue weighted by Crippen LogP contribution is -2.25. The van der Waals surface area contributed by atoms with E-state index in [0.29, 0.717) is 28.1 Å². The van der Waals surface area contributed by atoms with Crippen molar-refractivity contribution in [1.82, 2.24) is 0 Å². The quantitative estimate of drug-likeness (QED) is 0.370. The van der Waals surface area contributed by atoms with Crippen LogP contribution in [0.2, 0.25) is 0 Å². The molecule has 0 saturated carbocycles. The maximum atomic E-state index is 12.8. The van der Waals surface area contributed by atoms with Gasteiger partial charge < -0.3 is 24.7 Å². The molecule has 184 valence electrons. The molecule has 1 heterocycles. The standard InChI is InChI=1S/C28H25BrN2O5/c1-4-34-28(32)24-16(2)36-27(31)21(14-30)25(24)19-12-22(29)26(23(13-19)33-3)35-15-18-10-7-9-17-8-5-6-11-20(17)18/h5-13,25H,4,15,31H2,1-3H3. The van der Waals surface area contributed by atoms with Crippen molar-refractivity contribution in [2.24, 2.45) is 5.73 Å². The fraction of sp³-hybridized carbons (Fsp3) is 0.214. The van der Waals surface area contributed by atoms with E-state index in [2.05, 4.69) is 40.2 Å². The maximum absolute atomic E-state index is 12.8. The Morgan fingerprint density at radius 2 is 1.94 bits per heavy atom. The summed E-state index contributed by atoms with van der Waals surface area (Å²) in [6, 6.07) is 19.8. The van der Waals surface area contributed by atoms with Crippen LogP contribution in [-0.4, -0.2) is 19.7 Å². The molecule has 3 aromatic carbocycles. The van der Waals surface area contributed by atoms with Gasteiger partial charge in [0.1, 0.15) is 24.0 Å². The molecule has 0 saturated heterocycles. The monoisotopic (exact) mass is 548 g/mol. The SMILES string of the molecule is CCOC(=O)C1=C(C)OC(N)=C(C#N)C1c1cc(Br)c(OCc2cccc3ccccc23)c(OC)c1. The van der Waals surface area contributed by atoms with Crippen LogP contribution in [0.5, 0.6) is 11.5 Å². The molecule has 1 atom stereocenters. The first-order valence-corrected chi connectivity index (χ1v) is 12.1. The number of nitrogens with two attached hydrogens (primary N) is 1. The van der Waals surface area contributed by atoms with Gasteiger partial charge in [-0.2, -0.15) is 5.26 Å². The van der Waals surface area contributed by atoms with Gasteiger partial charge in [0.15, 0.2) is 11.5 Å². The molecule has 1 aliphatic rings. The summed E-state index contributed by atoms with van der Waals surface area (Å²) < 4.78 is 23.2. The summed E-state index contributed by atoms with van der Waals surface area (Å²) in [5, 5.41) is 12.1. The fourth-order valence-electron chi connectivity index (χ4n) is 4.30. The van der Waals surface area contributed by atoms with Gasteiger partial charge in [0.25, 0.3) is 0 Å². The minimum atomic E-state index is -0.792. The Labute approximate surface area is 217 Å². The van der Waals surface area contributed by atoms with Crippen LogP contribution in [0.15, 0.2) is 81.9 Å². The summed E-state index contributed by atoms with van der Waals surface area (Å²) in [6.45, 7) is 3.82. The van der Waals surface area contributed by atoms with Crippen LogP contribution in [0.25, 0.3) is 10.8 Å². The zero-order chi connectivity index (χ0) is 25.8. The number of fused-ring (bicyclic) bond motifs is 1. The van der Waals surface area contributed by atoms with E-state index in [1.807, 2.05) is 24.3 Å². The number of carbonyl (C=O) groups is 1. The predicted octanol–water partition coefficient (Wildman–Crippen LogP) is 5.83. The molecule has 36 heavy (non-hydrogen) atoms. The predicted molar refractivity (Wildman–Crippen MR) is 139 cm³/mol. The van der Waals surface area contributed by atoms with Crippen molar-refractivity contribution in [1.29, 1.82) is 5.26 Å². The van der Waals surface area contributed by atoms with Gasteiger partial charge in [0.2, 0.25) is 5.88 Å². The van der Waals surface area contributed by atoms with Gasteiger partial charge >= 0.3 is 5.97 Å². The van der Waals surface area contributed by atoms with Crippen molar-refractivity contribution >= 4 is 32.7 Å². The molecule has 0 amide bonds. The Hall–Kier alpha value is -3.96. The first kappa shape index (κ1) is 25.1. The summed E-state index contributed by atoms with van der Waals surface area (Å²) in [5.41, 5.74) is 7.97. The van der Waals surface area contributed by atoms with E-state index in [1.54, 1.807) is 26.0 Å². The van der Waals surface area contributed by atoms with E-state index in [4.69, 9.17) is 24.7 Å². The lowest BCUT2D eigenvalue weighted by atomic mass is 9.83. The molecule has 2 N–H and O–H groups in total. The average molecular weight is 549 g/mol. The molecule has 7 nitrogen and oxygen atoms in total. The van der Waals surface area contributed by atoms with Crippen molar-refractivity contribution in [3.63, 3.8) is 0 Å². The third-order valence-corrected chi connectivity index (χ3v) is 6.53. The second kappa shape index (κ2) is 10.8. The Balaban J connectivity index is 1.74. The fourth-order valence-corrected chi connectivity index (χ4v) is 4.88. The molecule has 3 aromatic rings. The average Bonchev–Trinajstić information content (AvgIpc) is 2.87. The van der Waals surface area contributed by atoms with Crippen LogP contribution in [0, 0.1) is 11.3 Å². The van der Waals surface area contributed by atoms with Crippen LogP contribution in [0.4, 0.5) is 0 Å². The number of nitrogens with zero attached hydrogens (tertiary/aromatic N) is 1. The van der Waals surface area contributed by atoms with Crippen LogP contribution in [-0.2, 0) is 20.9 Å². The zero-order valence-corrected chi connectivity index (χ0v) is 21.7. The van der Waals surface area contributed by atoms with Crippen molar-refractivity contribution in [3.8, 4) is 17.6 Å². The molecule has 0 fully saturated rings. The molecule has 4 rings (SSSR count). The van der Waals surface area contributed by atoms with Gasteiger partial charge in [-0.1, -0.05) is 42.5 Å². The number of methoxy groups -OCH3 is 1. The van der Waals surface area contributed by atoms with Gasteiger partial charge in [0, 0.05) is 0 Å². The zero-order valence-electron chi connectivity index (χ0n) is 20.1. The van der Waals surface area contributed by atoms with E-state index >= 15 is 0 Å². The van der Waals surface area contributed by atoms with Crippen molar-refractivity contribution in [2.75, 3.05) is 13.7 Å². The number of halogens is 1. The number of hydrogen-bond donors (Lipinski definition) is 1. The first-order chi connectivity index (χ1) is 17.4. The van der Waals surface area contributed by atoms with Crippen molar-refractivity contribution in [2.45, 2.75) is 26.4 Å². The largest absolute Gasteiger partial charge is 0.493 e. The van der Waals surface area contributed by atoms with Gasteiger partial charge in [-0.3, -0.25) is 0 Å². The Bertz CT molecular complexity index is 1430. The number of benzene rings is 3. The number of carbonyl (C=O) groups excluding carboxylic acids is 1. The maximum Gasteiger partial charge on any atom is 0.338 e. The Morgan fingerprint density at radius 3 is 2.67 bits per heavy atom. The van der Waals surface area contributed by atoms with Crippen molar-refractivity contribution in [3.05, 3.63) is 93.0 Å². The number of nitriles is 1. The van der Waals surface area contributed by atoms with Gasteiger partial charge in [-0.15, -0.1) is 0 Å². The van der Waals surface area contributed by atoms with Crippen LogP contribution in [0.1, 0.15) is 30.9 Å². The number of hydrogen-bond acceptors (Lipinski definition) is 7. The van der Waals surface area contributed by atoms with Crippen LogP contribution >= 0.6 is 15.9 Å². The number of esters is 1. The lowest BCUT2D eigenvalue weighted by molar-refractivity contribution is -0.139. The topological polar surface area (TPSA) is 104 Å². The number of ether oxygens (including phenoxy) is 4. The Kier molecular flexibility index (Phi) is 7.51. The summed E-state index contributed by atoms with van der Waals surface area (Å²) >= 11 is 3.59. The first-order valence-electron chi connectivity index (χ1n) is 11.3. The van der Waals surface area contributed by atoms with Crippen LogP contribution < -0.4 is 15.2 Å². The Morgan fingerprint density at radius 1 is 1.19 bits per heavy atom. The highest BCUT2D eigenvalue weighted by molar-refractivity contribution is 9.10. The summed E-state index contributed by atoms with van der Waals surface area (Å²) in [5.74, 6) is -0.217. The number of allylic oxidation sites excluding steroid dienone is 2. The van der Waals surface area contributed by atoms with Crippen molar-refractivity contribution < 1.29 is 23.7 Å². The third-order valence-electron chi connectivity index (χ3n) is 5.94. The highest BCUT2D eigenvalue weighted by Crippen LogP contribution is 2.45. The van der Waals surface area contributed by atoms with Gasteiger partial charge in [-0.05, 0) is 63.8 Å². The summed E-state index contributed by atoms with van der Waals surface area (Å²) in [4.78, 5) is 12.8. The highest BCUT2D eigenvalue weighted by Gasteiger charge is 2.37. The van der Waals surface area contributed by atoms with Gasteiger partial charge in [-0.25, -0.2) is 4.79 Å². The normalized spacial score (nSPS) is 15.4. The molecule has 0 bridgehead atoms. The minimum absolute atomic E-state index is 0.0561. The molecular weight excluding hydrogens is 524 g/mol. The summed E-state index contributed by atoms with van der Waals surface area (Å²) in [6.07, 6.45) is 0. The van der Waals surface area contributed by atoms with E-state index in [9.17, 15) is 10.1 Å². The third kappa shape index (κ3) is 4.75. The summed E-state index contributed by atoms with van der Waals surface area (Å²) in [7, 11) is 1.53. The molecule has 0 radical (unpaired) electrons. The second-order valence-electron chi connectivity index (χ2n) is 8.08. The second-order valence-corrected chi connectivity index (χ2v) is 8.93. The smallest absolute Gasteiger partial charge is 0.338 e. The van der Waals surface area contributed by atoms with E-state index in [1.165, 1.54) is 7.11 Å².